The minimum atomic E-state index is -0.250. The van der Waals surface area contributed by atoms with Crippen molar-refractivity contribution in [2.24, 2.45) is 0 Å². The summed E-state index contributed by atoms with van der Waals surface area (Å²) in [6.45, 7) is 8.52. The van der Waals surface area contributed by atoms with Gasteiger partial charge in [0.1, 0.15) is 21.8 Å². The maximum atomic E-state index is 13.5. The lowest BCUT2D eigenvalue weighted by molar-refractivity contribution is -0.122. The van der Waals surface area contributed by atoms with E-state index in [1.807, 2.05) is 51.1 Å². The molecule has 2 aliphatic rings. The van der Waals surface area contributed by atoms with Gasteiger partial charge in [0.05, 0.1) is 11.4 Å². The molecule has 1 aromatic heterocycles. The third kappa shape index (κ3) is 5.28. The lowest BCUT2D eigenvalue weighted by Gasteiger charge is -2.29. The number of nitrogens with zero attached hydrogens (tertiary/aromatic N) is 4. The van der Waals surface area contributed by atoms with Crippen LogP contribution >= 0.6 is 24.0 Å². The SMILES string of the molecule is CCCn1c(N2CCCCCC2)c(C=C2SC(=S)N(Cc3ccc(C)cc3)C2=O)c(C)c(C#N)c1=O. The predicted octanol–water partition coefficient (Wildman–Crippen LogP) is 5.53. The molecule has 2 saturated heterocycles. The zero-order chi connectivity index (χ0) is 25.8. The minimum absolute atomic E-state index is 0.140. The predicted molar refractivity (Wildman–Crippen MR) is 151 cm³/mol. The number of benzene rings is 1. The second kappa shape index (κ2) is 11.4. The first-order valence-electron chi connectivity index (χ1n) is 12.6. The van der Waals surface area contributed by atoms with E-state index in [2.05, 4.69) is 11.0 Å². The van der Waals surface area contributed by atoms with Crippen molar-refractivity contribution in [1.29, 1.82) is 5.26 Å². The van der Waals surface area contributed by atoms with Crippen LogP contribution in [0.1, 0.15) is 66.8 Å². The smallest absolute Gasteiger partial charge is 0.270 e. The molecule has 0 aliphatic carbocycles. The summed E-state index contributed by atoms with van der Waals surface area (Å²) in [5.41, 5.74) is 3.47. The van der Waals surface area contributed by atoms with E-state index in [4.69, 9.17) is 12.2 Å². The zero-order valence-electron chi connectivity index (χ0n) is 21.2. The second-order valence-electron chi connectivity index (χ2n) is 9.46. The Morgan fingerprint density at radius 1 is 1.08 bits per heavy atom. The molecule has 1 amide bonds. The highest BCUT2D eigenvalue weighted by Crippen LogP contribution is 2.37. The van der Waals surface area contributed by atoms with Crippen LogP contribution in [0.15, 0.2) is 34.0 Å². The molecule has 188 valence electrons. The Balaban J connectivity index is 1.81. The summed E-state index contributed by atoms with van der Waals surface area (Å²) in [6.07, 6.45) is 7.06. The molecule has 2 aliphatic heterocycles. The molecule has 0 unspecified atom stereocenters. The van der Waals surface area contributed by atoms with E-state index in [-0.39, 0.29) is 17.0 Å². The fourth-order valence-electron chi connectivity index (χ4n) is 4.84. The summed E-state index contributed by atoms with van der Waals surface area (Å²) < 4.78 is 2.26. The number of hydrogen-bond acceptors (Lipinski definition) is 6. The first kappa shape index (κ1) is 26.2. The molecule has 0 N–H and O–H groups in total. The van der Waals surface area contributed by atoms with Gasteiger partial charge in [-0.15, -0.1) is 0 Å². The molecule has 36 heavy (non-hydrogen) atoms. The molecule has 0 spiro atoms. The Morgan fingerprint density at radius 3 is 2.36 bits per heavy atom. The van der Waals surface area contributed by atoms with Crippen LogP contribution < -0.4 is 10.5 Å². The summed E-state index contributed by atoms with van der Waals surface area (Å²) in [5, 5.41) is 9.84. The highest BCUT2D eigenvalue weighted by molar-refractivity contribution is 8.26. The maximum absolute atomic E-state index is 13.5. The fourth-order valence-corrected chi connectivity index (χ4v) is 6.08. The van der Waals surface area contributed by atoms with Crippen LogP contribution in [0.3, 0.4) is 0 Å². The van der Waals surface area contributed by atoms with Crippen molar-refractivity contribution in [3.63, 3.8) is 0 Å². The quantitative estimate of drug-likeness (QED) is 0.369. The van der Waals surface area contributed by atoms with Crippen LogP contribution in [0.4, 0.5) is 5.82 Å². The number of rotatable bonds is 6. The van der Waals surface area contributed by atoms with Crippen LogP contribution in [0.2, 0.25) is 0 Å². The van der Waals surface area contributed by atoms with Crippen LogP contribution in [-0.2, 0) is 17.9 Å². The van der Waals surface area contributed by atoms with E-state index in [9.17, 15) is 14.9 Å². The molecule has 1 aromatic carbocycles. The van der Waals surface area contributed by atoms with Gasteiger partial charge in [-0.2, -0.15) is 5.26 Å². The number of anilines is 1. The van der Waals surface area contributed by atoms with E-state index in [1.54, 1.807) is 9.47 Å². The van der Waals surface area contributed by atoms with Gasteiger partial charge < -0.3 is 4.90 Å². The van der Waals surface area contributed by atoms with Crippen LogP contribution in [0.25, 0.3) is 6.08 Å². The van der Waals surface area contributed by atoms with Crippen molar-refractivity contribution < 1.29 is 4.79 Å². The summed E-state index contributed by atoms with van der Waals surface area (Å²) in [6, 6.07) is 10.2. The number of thiocarbonyl (C=S) groups is 1. The Labute approximate surface area is 222 Å². The first-order chi connectivity index (χ1) is 17.3. The highest BCUT2D eigenvalue weighted by atomic mass is 32.2. The van der Waals surface area contributed by atoms with E-state index in [0.717, 1.165) is 67.7 Å². The molecular weight excluding hydrogens is 488 g/mol. The Hall–Kier alpha value is -2.89. The van der Waals surface area contributed by atoms with E-state index in [0.29, 0.717) is 27.9 Å². The van der Waals surface area contributed by atoms with Gasteiger partial charge in [0.2, 0.25) is 0 Å². The Kier molecular flexibility index (Phi) is 8.32. The molecule has 6 nitrogen and oxygen atoms in total. The molecule has 0 atom stereocenters. The largest absolute Gasteiger partial charge is 0.357 e. The number of pyridine rings is 1. The number of hydrogen-bond donors (Lipinski definition) is 0. The van der Waals surface area contributed by atoms with Gasteiger partial charge in [-0.05, 0) is 50.3 Å². The maximum Gasteiger partial charge on any atom is 0.270 e. The third-order valence-electron chi connectivity index (χ3n) is 6.81. The summed E-state index contributed by atoms with van der Waals surface area (Å²) in [5.74, 6) is 0.683. The average molecular weight is 521 g/mol. The molecule has 2 aromatic rings. The monoisotopic (exact) mass is 520 g/mol. The Morgan fingerprint density at radius 2 is 1.75 bits per heavy atom. The highest BCUT2D eigenvalue weighted by Gasteiger charge is 2.33. The van der Waals surface area contributed by atoms with Crippen molar-refractivity contribution in [3.05, 3.63) is 67.3 Å². The average Bonchev–Trinajstić information content (AvgIpc) is 3.03. The van der Waals surface area contributed by atoms with Gasteiger partial charge in [-0.25, -0.2) is 0 Å². The van der Waals surface area contributed by atoms with Crippen LogP contribution in [0, 0.1) is 25.2 Å². The fraction of sp³-hybridized carbons (Fsp3) is 0.429. The molecule has 3 heterocycles. The van der Waals surface area contributed by atoms with Crippen LogP contribution in [-0.4, -0.2) is 32.8 Å². The normalized spacial score (nSPS) is 17.6. The first-order valence-corrected chi connectivity index (χ1v) is 13.8. The standard InChI is InChI=1S/C28H32N4O2S2/c1-4-13-31-25(30-14-7-5-6-8-15-30)22(20(3)23(17-29)26(31)33)16-24-27(34)32(28(35)36-24)18-21-11-9-19(2)10-12-21/h9-12,16H,4-8,13-15,18H2,1-3H3. The van der Waals surface area contributed by atoms with Crippen molar-refractivity contribution in [2.75, 3.05) is 18.0 Å². The van der Waals surface area contributed by atoms with E-state index >= 15 is 0 Å². The third-order valence-corrected chi connectivity index (χ3v) is 8.19. The molecule has 2 fully saturated rings. The van der Waals surface area contributed by atoms with Gasteiger partial charge in [0.25, 0.3) is 11.5 Å². The number of amides is 1. The molecule has 8 heteroatoms. The van der Waals surface area contributed by atoms with Gasteiger partial charge in [-0.1, -0.05) is 73.6 Å². The van der Waals surface area contributed by atoms with Gasteiger partial charge >= 0.3 is 0 Å². The molecular formula is C28H32N4O2S2. The topological polar surface area (TPSA) is 69.3 Å². The molecule has 0 saturated carbocycles. The summed E-state index contributed by atoms with van der Waals surface area (Å²) in [7, 11) is 0. The lowest BCUT2D eigenvalue weighted by Crippen LogP contribution is -2.35. The van der Waals surface area contributed by atoms with E-state index < -0.39 is 0 Å². The number of nitriles is 1. The summed E-state index contributed by atoms with van der Waals surface area (Å²) in [4.78, 5) is 31.2. The van der Waals surface area contributed by atoms with Gasteiger partial charge in [0.15, 0.2) is 0 Å². The summed E-state index contributed by atoms with van der Waals surface area (Å²) >= 11 is 6.87. The Bertz CT molecular complexity index is 1300. The zero-order valence-corrected chi connectivity index (χ0v) is 22.8. The van der Waals surface area contributed by atoms with Crippen molar-refractivity contribution in [1.82, 2.24) is 9.47 Å². The van der Waals surface area contributed by atoms with Gasteiger partial charge in [-0.3, -0.25) is 19.1 Å². The second-order valence-corrected chi connectivity index (χ2v) is 11.1. The molecule has 0 radical (unpaired) electrons. The van der Waals surface area contributed by atoms with Crippen molar-refractivity contribution in [2.45, 2.75) is 66.0 Å². The molecule has 0 bridgehead atoms. The number of carbonyl (C=O) groups excluding carboxylic acids is 1. The minimum Gasteiger partial charge on any atom is -0.357 e. The molecule has 4 rings (SSSR count). The number of aryl methyl sites for hydroxylation is 1. The van der Waals surface area contributed by atoms with Gasteiger partial charge in [0, 0.05) is 25.2 Å². The number of carbonyl (C=O) groups is 1. The van der Waals surface area contributed by atoms with Crippen LogP contribution in [0.5, 0.6) is 0 Å². The number of thioether (sulfide) groups is 1. The van der Waals surface area contributed by atoms with Crippen molar-refractivity contribution in [3.8, 4) is 6.07 Å². The number of aromatic nitrogens is 1. The van der Waals surface area contributed by atoms with Crippen molar-refractivity contribution >= 4 is 46.1 Å². The lowest BCUT2D eigenvalue weighted by atomic mass is 10.0. The van der Waals surface area contributed by atoms with E-state index in [1.165, 1.54) is 11.8 Å².